The lowest BCUT2D eigenvalue weighted by atomic mass is 10.2. The van der Waals surface area contributed by atoms with E-state index < -0.39 is 6.10 Å². The normalized spacial score (nSPS) is 16.4. The van der Waals surface area contributed by atoms with Crippen LogP contribution < -0.4 is 10.1 Å². The predicted octanol–water partition coefficient (Wildman–Crippen LogP) is 2.29. The van der Waals surface area contributed by atoms with Gasteiger partial charge in [0.1, 0.15) is 5.75 Å². The molecule has 0 bridgehead atoms. The van der Waals surface area contributed by atoms with Crippen LogP contribution in [0.3, 0.4) is 0 Å². The molecule has 0 saturated heterocycles. The van der Waals surface area contributed by atoms with Gasteiger partial charge in [-0.05, 0) is 43.9 Å². The van der Waals surface area contributed by atoms with Gasteiger partial charge in [-0.1, -0.05) is 19.1 Å². The minimum absolute atomic E-state index is 0.0212. The smallest absolute Gasteiger partial charge is 0.260 e. The van der Waals surface area contributed by atoms with Crippen molar-refractivity contribution in [1.29, 1.82) is 0 Å². The number of nitrogens with one attached hydrogen (secondary N) is 1. The van der Waals surface area contributed by atoms with Crippen molar-refractivity contribution in [2.75, 3.05) is 0 Å². The highest BCUT2D eigenvalue weighted by molar-refractivity contribution is 5.81. The van der Waals surface area contributed by atoms with E-state index in [2.05, 4.69) is 12.2 Å². The summed E-state index contributed by atoms with van der Waals surface area (Å²) in [6.07, 6.45) is 2.79. The molecule has 1 saturated carbocycles. The van der Waals surface area contributed by atoms with Gasteiger partial charge in [0.2, 0.25) is 0 Å². The summed E-state index contributed by atoms with van der Waals surface area (Å²) in [4.78, 5) is 11.7. The molecule has 1 atom stereocenters. The molecule has 0 radical (unpaired) electrons. The molecular weight excluding hydrogens is 214 g/mol. The van der Waals surface area contributed by atoms with E-state index in [0.717, 1.165) is 25.0 Å². The molecule has 1 aromatic carbocycles. The Morgan fingerprint density at radius 3 is 2.59 bits per heavy atom. The fourth-order valence-corrected chi connectivity index (χ4v) is 1.61. The Bertz CT molecular complexity index is 382. The number of carbonyl (C=O) groups excluding carboxylic acids is 1. The predicted molar refractivity (Wildman–Crippen MR) is 67.1 cm³/mol. The summed E-state index contributed by atoms with van der Waals surface area (Å²) in [5, 5.41) is 2.93. The number of hydrogen-bond donors (Lipinski definition) is 1. The van der Waals surface area contributed by atoms with E-state index in [1.165, 1.54) is 5.56 Å². The Morgan fingerprint density at radius 1 is 1.41 bits per heavy atom. The van der Waals surface area contributed by atoms with Crippen LogP contribution in [0.2, 0.25) is 0 Å². The number of rotatable bonds is 5. The largest absolute Gasteiger partial charge is 0.481 e. The first-order valence-corrected chi connectivity index (χ1v) is 6.25. The van der Waals surface area contributed by atoms with Crippen molar-refractivity contribution in [3.8, 4) is 5.75 Å². The summed E-state index contributed by atoms with van der Waals surface area (Å²) < 4.78 is 5.59. The van der Waals surface area contributed by atoms with Crippen LogP contribution in [0.5, 0.6) is 5.75 Å². The van der Waals surface area contributed by atoms with Crippen LogP contribution in [0, 0.1) is 0 Å². The third-order valence-corrected chi connectivity index (χ3v) is 2.94. The molecule has 1 aromatic rings. The summed E-state index contributed by atoms with van der Waals surface area (Å²) in [6.45, 7) is 3.90. The summed E-state index contributed by atoms with van der Waals surface area (Å²) >= 11 is 0. The van der Waals surface area contributed by atoms with Gasteiger partial charge in [0.05, 0.1) is 0 Å². The Kier molecular flexibility index (Phi) is 3.67. The summed E-state index contributed by atoms with van der Waals surface area (Å²) in [7, 11) is 0. The van der Waals surface area contributed by atoms with Crippen LogP contribution >= 0.6 is 0 Å². The van der Waals surface area contributed by atoms with E-state index in [9.17, 15) is 4.79 Å². The molecule has 92 valence electrons. The van der Waals surface area contributed by atoms with Gasteiger partial charge in [-0.15, -0.1) is 0 Å². The van der Waals surface area contributed by atoms with Gasteiger partial charge < -0.3 is 10.1 Å². The van der Waals surface area contributed by atoms with Crippen LogP contribution in [-0.2, 0) is 11.2 Å². The number of carbonyl (C=O) groups is 1. The van der Waals surface area contributed by atoms with E-state index >= 15 is 0 Å². The van der Waals surface area contributed by atoms with Gasteiger partial charge in [-0.25, -0.2) is 0 Å². The van der Waals surface area contributed by atoms with Crippen molar-refractivity contribution in [3.05, 3.63) is 29.8 Å². The monoisotopic (exact) mass is 233 g/mol. The Labute approximate surface area is 102 Å². The zero-order chi connectivity index (χ0) is 12.3. The molecule has 3 nitrogen and oxygen atoms in total. The maximum absolute atomic E-state index is 11.7. The molecule has 1 aliphatic rings. The molecule has 1 amide bonds. The number of benzene rings is 1. The molecule has 2 rings (SSSR count). The zero-order valence-corrected chi connectivity index (χ0v) is 10.4. The second kappa shape index (κ2) is 5.21. The highest BCUT2D eigenvalue weighted by Crippen LogP contribution is 2.19. The standard InChI is InChI=1S/C14H19NO2/c1-3-11-4-8-13(9-5-11)17-10(2)14(16)15-12-6-7-12/h4-5,8-10,12H,3,6-7H2,1-2H3,(H,15,16)/t10-/m0/s1. The molecule has 1 N–H and O–H groups in total. The Balaban J connectivity index is 1.87. The molecule has 0 aromatic heterocycles. The van der Waals surface area contributed by atoms with Gasteiger partial charge in [-0.3, -0.25) is 4.79 Å². The van der Waals surface area contributed by atoms with Gasteiger partial charge in [-0.2, -0.15) is 0 Å². The third-order valence-electron chi connectivity index (χ3n) is 2.94. The van der Waals surface area contributed by atoms with Crippen LogP contribution in [-0.4, -0.2) is 18.1 Å². The molecular formula is C14H19NO2. The van der Waals surface area contributed by atoms with Crippen LogP contribution in [0.15, 0.2) is 24.3 Å². The first-order valence-electron chi connectivity index (χ1n) is 6.25. The van der Waals surface area contributed by atoms with Crippen molar-refractivity contribution >= 4 is 5.91 Å². The SMILES string of the molecule is CCc1ccc(O[C@@H](C)C(=O)NC2CC2)cc1. The maximum atomic E-state index is 11.7. The van der Waals surface area contributed by atoms with E-state index in [1.54, 1.807) is 6.92 Å². The number of hydrogen-bond acceptors (Lipinski definition) is 2. The van der Waals surface area contributed by atoms with Crippen molar-refractivity contribution in [3.63, 3.8) is 0 Å². The number of aryl methyl sites for hydroxylation is 1. The van der Waals surface area contributed by atoms with Crippen molar-refractivity contribution < 1.29 is 9.53 Å². The maximum Gasteiger partial charge on any atom is 0.260 e. The zero-order valence-electron chi connectivity index (χ0n) is 10.4. The summed E-state index contributed by atoms with van der Waals surface area (Å²) in [6, 6.07) is 8.28. The quantitative estimate of drug-likeness (QED) is 0.847. The number of ether oxygens (including phenoxy) is 1. The number of amides is 1. The van der Waals surface area contributed by atoms with Crippen molar-refractivity contribution in [1.82, 2.24) is 5.32 Å². The molecule has 0 spiro atoms. The molecule has 0 heterocycles. The Morgan fingerprint density at radius 2 is 2.06 bits per heavy atom. The third kappa shape index (κ3) is 3.48. The Hall–Kier alpha value is -1.51. The van der Waals surface area contributed by atoms with Gasteiger partial charge in [0, 0.05) is 6.04 Å². The van der Waals surface area contributed by atoms with Crippen LogP contribution in [0.25, 0.3) is 0 Å². The van der Waals surface area contributed by atoms with Crippen molar-refractivity contribution in [2.24, 2.45) is 0 Å². The average Bonchev–Trinajstić information content (AvgIpc) is 3.14. The lowest BCUT2D eigenvalue weighted by Gasteiger charge is -2.14. The van der Waals surface area contributed by atoms with Crippen LogP contribution in [0.4, 0.5) is 0 Å². The first-order chi connectivity index (χ1) is 8.19. The molecule has 0 aliphatic heterocycles. The van der Waals surface area contributed by atoms with Gasteiger partial charge >= 0.3 is 0 Å². The van der Waals surface area contributed by atoms with E-state index in [0.29, 0.717) is 6.04 Å². The topological polar surface area (TPSA) is 38.3 Å². The minimum Gasteiger partial charge on any atom is -0.481 e. The minimum atomic E-state index is -0.428. The molecule has 0 unspecified atom stereocenters. The average molecular weight is 233 g/mol. The summed E-state index contributed by atoms with van der Waals surface area (Å²) in [5.74, 6) is 0.729. The second-order valence-corrected chi connectivity index (χ2v) is 4.54. The highest BCUT2D eigenvalue weighted by atomic mass is 16.5. The van der Waals surface area contributed by atoms with E-state index in [-0.39, 0.29) is 5.91 Å². The first kappa shape index (κ1) is 12.0. The fraction of sp³-hybridized carbons (Fsp3) is 0.500. The lowest BCUT2D eigenvalue weighted by molar-refractivity contribution is -0.127. The highest BCUT2D eigenvalue weighted by Gasteiger charge is 2.26. The van der Waals surface area contributed by atoms with E-state index in [1.807, 2.05) is 24.3 Å². The van der Waals surface area contributed by atoms with Gasteiger partial charge in [0.15, 0.2) is 6.10 Å². The van der Waals surface area contributed by atoms with E-state index in [4.69, 9.17) is 4.74 Å². The molecule has 1 aliphatic carbocycles. The van der Waals surface area contributed by atoms with Gasteiger partial charge in [0.25, 0.3) is 5.91 Å². The lowest BCUT2D eigenvalue weighted by Crippen LogP contribution is -2.37. The van der Waals surface area contributed by atoms with Crippen molar-refractivity contribution in [2.45, 2.75) is 45.3 Å². The molecule has 3 heteroatoms. The molecule has 1 fully saturated rings. The van der Waals surface area contributed by atoms with Crippen LogP contribution in [0.1, 0.15) is 32.3 Å². The molecule has 17 heavy (non-hydrogen) atoms. The second-order valence-electron chi connectivity index (χ2n) is 4.54. The fourth-order valence-electron chi connectivity index (χ4n) is 1.61. The summed E-state index contributed by atoms with van der Waals surface area (Å²) in [5.41, 5.74) is 1.27.